The maximum atomic E-state index is 13.2. The maximum absolute atomic E-state index is 13.2. The number of aldehydes is 1. The SMILES string of the molecule is CCCCCCCCC(=O)NC(CC(C)C)C(=O)NC(C)(C=O)CCC(=O)N(C)Cc1ccc(OC)cc1OC. The van der Waals surface area contributed by atoms with Crippen LogP contribution in [0.4, 0.5) is 0 Å². The first-order valence-corrected chi connectivity index (χ1v) is 14.5. The number of nitrogens with one attached hydrogen (secondary N) is 2. The number of nitrogens with zero attached hydrogens (tertiary/aromatic N) is 1. The fraction of sp³-hybridized carbons (Fsp3) is 0.677. The van der Waals surface area contributed by atoms with Crippen molar-refractivity contribution in [2.75, 3.05) is 21.3 Å². The molecule has 0 saturated heterocycles. The number of amides is 3. The molecule has 226 valence electrons. The number of carbonyl (C=O) groups is 4. The third-order valence-corrected chi connectivity index (χ3v) is 6.97. The fourth-order valence-corrected chi connectivity index (χ4v) is 4.44. The van der Waals surface area contributed by atoms with Crippen LogP contribution in [0, 0.1) is 5.92 Å². The van der Waals surface area contributed by atoms with E-state index in [9.17, 15) is 19.2 Å². The van der Waals surface area contributed by atoms with Crippen molar-refractivity contribution >= 4 is 24.0 Å². The van der Waals surface area contributed by atoms with E-state index < -0.39 is 17.5 Å². The minimum Gasteiger partial charge on any atom is -0.497 e. The zero-order valence-electron chi connectivity index (χ0n) is 25.6. The largest absolute Gasteiger partial charge is 0.497 e. The van der Waals surface area contributed by atoms with Gasteiger partial charge < -0.3 is 29.8 Å². The first kappa shape index (κ1) is 34.9. The molecule has 1 aromatic rings. The molecule has 0 bridgehead atoms. The molecule has 0 saturated carbocycles. The van der Waals surface area contributed by atoms with Gasteiger partial charge in [0.15, 0.2) is 0 Å². The second kappa shape index (κ2) is 18.3. The van der Waals surface area contributed by atoms with Crippen LogP contribution >= 0.6 is 0 Å². The quantitative estimate of drug-likeness (QED) is 0.175. The number of benzene rings is 1. The van der Waals surface area contributed by atoms with E-state index in [-0.39, 0.29) is 30.6 Å². The summed E-state index contributed by atoms with van der Waals surface area (Å²) in [6.07, 6.45) is 8.12. The Bertz CT molecular complexity index is 951. The summed E-state index contributed by atoms with van der Waals surface area (Å²) in [5.41, 5.74) is -0.427. The van der Waals surface area contributed by atoms with E-state index >= 15 is 0 Å². The Labute approximate surface area is 240 Å². The molecule has 3 amide bonds. The van der Waals surface area contributed by atoms with Crippen molar-refractivity contribution < 1.29 is 28.7 Å². The topological polar surface area (TPSA) is 114 Å². The number of hydrogen-bond acceptors (Lipinski definition) is 6. The van der Waals surface area contributed by atoms with E-state index in [0.29, 0.717) is 37.2 Å². The van der Waals surface area contributed by atoms with Gasteiger partial charge >= 0.3 is 0 Å². The molecule has 2 unspecified atom stereocenters. The highest BCUT2D eigenvalue weighted by atomic mass is 16.5. The normalized spacial score (nSPS) is 13.2. The Morgan fingerprint density at radius 1 is 1.02 bits per heavy atom. The first-order valence-electron chi connectivity index (χ1n) is 14.5. The summed E-state index contributed by atoms with van der Waals surface area (Å²) in [5.74, 6) is 0.683. The van der Waals surface area contributed by atoms with Crippen molar-refractivity contribution in [1.29, 1.82) is 0 Å². The van der Waals surface area contributed by atoms with Gasteiger partial charge in [-0.25, -0.2) is 0 Å². The summed E-state index contributed by atoms with van der Waals surface area (Å²) >= 11 is 0. The average Bonchev–Trinajstić information content (AvgIpc) is 2.93. The highest BCUT2D eigenvalue weighted by molar-refractivity contribution is 5.90. The molecule has 0 radical (unpaired) electrons. The number of ether oxygens (including phenoxy) is 2. The number of hydrogen-bond donors (Lipinski definition) is 2. The molecule has 0 aliphatic rings. The van der Waals surface area contributed by atoms with Gasteiger partial charge in [-0.05, 0) is 44.2 Å². The molecule has 0 spiro atoms. The zero-order chi connectivity index (χ0) is 30.1. The smallest absolute Gasteiger partial charge is 0.243 e. The molecule has 1 rings (SSSR count). The highest BCUT2D eigenvalue weighted by Crippen LogP contribution is 2.26. The van der Waals surface area contributed by atoms with Gasteiger partial charge in [0.1, 0.15) is 23.8 Å². The van der Waals surface area contributed by atoms with E-state index in [1.807, 2.05) is 19.9 Å². The number of unbranched alkanes of at least 4 members (excludes halogenated alkanes) is 5. The minimum atomic E-state index is -1.25. The lowest BCUT2D eigenvalue weighted by molar-refractivity contribution is -0.133. The van der Waals surface area contributed by atoms with Crippen molar-refractivity contribution in [2.45, 2.75) is 110 Å². The fourth-order valence-electron chi connectivity index (χ4n) is 4.44. The maximum Gasteiger partial charge on any atom is 0.243 e. The third-order valence-electron chi connectivity index (χ3n) is 6.97. The molecule has 2 N–H and O–H groups in total. The molecule has 9 nitrogen and oxygen atoms in total. The standard InChI is InChI=1S/C31H51N3O6/c1-8-9-10-11-12-13-14-28(36)32-26(19-23(2)3)30(38)33-31(4,22-35)18-17-29(37)34(5)21-24-15-16-25(39-6)20-27(24)40-7/h15-16,20,22-23,26H,8-14,17-19,21H2,1-7H3,(H,32,36)(H,33,38). The summed E-state index contributed by atoms with van der Waals surface area (Å²) < 4.78 is 10.6. The van der Waals surface area contributed by atoms with E-state index in [2.05, 4.69) is 17.6 Å². The molecule has 0 aliphatic heterocycles. The minimum absolute atomic E-state index is 0.0593. The predicted molar refractivity (Wildman–Crippen MR) is 157 cm³/mol. The number of carbonyl (C=O) groups excluding carboxylic acids is 4. The summed E-state index contributed by atoms with van der Waals surface area (Å²) in [4.78, 5) is 52.2. The lowest BCUT2D eigenvalue weighted by Crippen LogP contribution is -2.55. The lowest BCUT2D eigenvalue weighted by Gasteiger charge is -2.29. The van der Waals surface area contributed by atoms with Gasteiger partial charge in [-0.15, -0.1) is 0 Å². The Morgan fingerprint density at radius 2 is 1.70 bits per heavy atom. The van der Waals surface area contributed by atoms with Crippen molar-refractivity contribution in [3.05, 3.63) is 23.8 Å². The van der Waals surface area contributed by atoms with Crippen LogP contribution in [0.25, 0.3) is 0 Å². The van der Waals surface area contributed by atoms with E-state index in [4.69, 9.17) is 9.47 Å². The Morgan fingerprint density at radius 3 is 2.30 bits per heavy atom. The predicted octanol–water partition coefficient (Wildman–Crippen LogP) is 4.80. The van der Waals surface area contributed by atoms with Gasteiger partial charge in [-0.1, -0.05) is 52.9 Å². The molecule has 0 heterocycles. The van der Waals surface area contributed by atoms with Crippen molar-refractivity contribution in [3.63, 3.8) is 0 Å². The molecule has 0 aliphatic carbocycles. The van der Waals surface area contributed by atoms with Crippen molar-refractivity contribution in [3.8, 4) is 11.5 Å². The van der Waals surface area contributed by atoms with Crippen LogP contribution < -0.4 is 20.1 Å². The van der Waals surface area contributed by atoms with Crippen LogP contribution in [-0.2, 0) is 25.7 Å². The van der Waals surface area contributed by atoms with Gasteiger partial charge in [0.05, 0.1) is 19.8 Å². The van der Waals surface area contributed by atoms with E-state index in [1.54, 1.807) is 45.2 Å². The van der Waals surface area contributed by atoms with Crippen LogP contribution in [0.3, 0.4) is 0 Å². The van der Waals surface area contributed by atoms with Crippen LogP contribution in [-0.4, -0.2) is 61.8 Å². The van der Waals surface area contributed by atoms with Crippen LogP contribution in [0.15, 0.2) is 18.2 Å². The summed E-state index contributed by atoms with van der Waals surface area (Å²) in [6.45, 7) is 8.04. The van der Waals surface area contributed by atoms with Gasteiger partial charge in [0, 0.05) is 38.1 Å². The van der Waals surface area contributed by atoms with Crippen molar-refractivity contribution in [1.82, 2.24) is 15.5 Å². The average molecular weight is 562 g/mol. The van der Waals surface area contributed by atoms with Gasteiger partial charge in [-0.3, -0.25) is 14.4 Å². The van der Waals surface area contributed by atoms with E-state index in [0.717, 1.165) is 24.8 Å². The van der Waals surface area contributed by atoms with Crippen LogP contribution in [0.2, 0.25) is 0 Å². The Hall–Kier alpha value is -3.10. The molecule has 2 atom stereocenters. The summed E-state index contributed by atoms with van der Waals surface area (Å²) in [6, 6.07) is 4.65. The van der Waals surface area contributed by atoms with Crippen LogP contribution in [0.5, 0.6) is 11.5 Å². The monoisotopic (exact) mass is 561 g/mol. The Kier molecular flexibility index (Phi) is 16.0. The first-order chi connectivity index (χ1) is 19.0. The second-order valence-electron chi connectivity index (χ2n) is 11.2. The number of rotatable bonds is 20. The second-order valence-corrected chi connectivity index (χ2v) is 11.2. The molecule has 0 aromatic heterocycles. The van der Waals surface area contributed by atoms with Gasteiger partial charge in [0.2, 0.25) is 17.7 Å². The molecular weight excluding hydrogens is 510 g/mol. The summed E-state index contributed by atoms with van der Waals surface area (Å²) in [5, 5.41) is 5.66. The molecule has 0 fully saturated rings. The molecule has 40 heavy (non-hydrogen) atoms. The lowest BCUT2D eigenvalue weighted by atomic mass is 9.95. The van der Waals surface area contributed by atoms with Gasteiger partial charge in [-0.2, -0.15) is 0 Å². The van der Waals surface area contributed by atoms with Crippen LogP contribution in [0.1, 0.15) is 97.5 Å². The van der Waals surface area contributed by atoms with E-state index in [1.165, 1.54) is 19.3 Å². The third kappa shape index (κ3) is 12.8. The summed E-state index contributed by atoms with van der Waals surface area (Å²) in [7, 11) is 4.81. The van der Waals surface area contributed by atoms with Gasteiger partial charge in [0.25, 0.3) is 0 Å². The highest BCUT2D eigenvalue weighted by Gasteiger charge is 2.31. The molecular formula is C31H51N3O6. The molecule has 1 aromatic carbocycles. The number of methoxy groups -OCH3 is 2. The molecule has 9 heteroatoms. The Balaban J connectivity index is 2.71. The van der Waals surface area contributed by atoms with Crippen molar-refractivity contribution in [2.24, 2.45) is 5.92 Å². The zero-order valence-corrected chi connectivity index (χ0v) is 25.6.